The van der Waals surface area contributed by atoms with Crippen molar-refractivity contribution in [1.82, 2.24) is 19.7 Å². The normalized spacial score (nSPS) is 21.4. The van der Waals surface area contributed by atoms with E-state index >= 15 is 0 Å². The van der Waals surface area contributed by atoms with Gasteiger partial charge < -0.3 is 4.74 Å². The van der Waals surface area contributed by atoms with Crippen molar-refractivity contribution in [3.63, 3.8) is 0 Å². The van der Waals surface area contributed by atoms with Crippen LogP contribution in [-0.2, 0) is 31.2 Å². The van der Waals surface area contributed by atoms with E-state index in [0.29, 0.717) is 35.7 Å². The van der Waals surface area contributed by atoms with E-state index in [1.807, 2.05) is 24.7 Å². The molecular formula is C25H36F2N4O2S. The summed E-state index contributed by atoms with van der Waals surface area (Å²) in [5.41, 5.74) is 2.94. The largest absolute Gasteiger partial charge is 0.464 e. The van der Waals surface area contributed by atoms with Crippen LogP contribution in [0.2, 0.25) is 0 Å². The fraction of sp³-hybridized carbons (Fsp3) is 0.720. The highest BCUT2D eigenvalue weighted by Gasteiger charge is 2.27. The van der Waals surface area contributed by atoms with E-state index in [0.717, 1.165) is 67.8 Å². The van der Waals surface area contributed by atoms with E-state index in [9.17, 15) is 13.6 Å². The number of hydrogen-bond acceptors (Lipinski definition) is 6. The summed E-state index contributed by atoms with van der Waals surface area (Å²) >= 11 is 1.41. The van der Waals surface area contributed by atoms with Gasteiger partial charge in [-0.05, 0) is 57.1 Å². The van der Waals surface area contributed by atoms with Crippen LogP contribution < -0.4 is 4.74 Å². The molecule has 0 bridgehead atoms. The fourth-order valence-corrected chi connectivity index (χ4v) is 5.98. The minimum absolute atomic E-state index is 0.305. The number of thiazole rings is 1. The summed E-state index contributed by atoms with van der Waals surface area (Å²) in [7, 11) is 1.91. The highest BCUT2D eigenvalue weighted by molar-refractivity contribution is 7.13. The molecule has 1 saturated carbocycles. The predicted octanol–water partition coefficient (Wildman–Crippen LogP) is 4.98. The van der Waals surface area contributed by atoms with Crippen molar-refractivity contribution in [2.45, 2.75) is 77.7 Å². The molecule has 2 aliphatic rings. The first-order chi connectivity index (χ1) is 16.1. The van der Waals surface area contributed by atoms with Crippen molar-refractivity contribution < 1.29 is 18.3 Å². The number of carbonyl (C=O) groups is 1. The number of ether oxygens (including phenoxy) is 1. The zero-order valence-electron chi connectivity index (χ0n) is 20.5. The first-order valence-corrected chi connectivity index (χ1v) is 13.2. The average molecular weight is 495 g/mol. The van der Waals surface area contributed by atoms with Crippen LogP contribution in [-0.4, -0.2) is 51.1 Å². The molecule has 9 heteroatoms. The van der Waals surface area contributed by atoms with Crippen LogP contribution in [0, 0.1) is 18.8 Å². The van der Waals surface area contributed by atoms with Gasteiger partial charge in [0.1, 0.15) is 5.78 Å². The number of Topliss-reactive ketones (excluding diaryl/α,β-unsaturated/α-hetero) is 1. The lowest BCUT2D eigenvalue weighted by Gasteiger charge is -2.31. The van der Waals surface area contributed by atoms with Gasteiger partial charge >= 0.3 is 0 Å². The number of halogens is 2. The number of nitrogens with zero attached hydrogens (tertiary/aromatic N) is 4. The SMILES string of the molecule is Cc1cc(CC(=O)CC2CCC(CCN3CCc4sc(OCC(C)(F)F)nc4C3)CC2)nn1C. The third-order valence-corrected chi connectivity index (χ3v) is 8.19. The zero-order valence-corrected chi connectivity index (χ0v) is 21.3. The van der Waals surface area contributed by atoms with Gasteiger partial charge in [0, 0.05) is 44.1 Å². The molecule has 0 spiro atoms. The number of aryl methyl sites for hydroxylation is 2. The third kappa shape index (κ3) is 7.07. The summed E-state index contributed by atoms with van der Waals surface area (Å²) in [5, 5.41) is 4.77. The molecule has 0 aromatic carbocycles. The number of ketones is 1. The van der Waals surface area contributed by atoms with Crippen LogP contribution >= 0.6 is 11.3 Å². The highest BCUT2D eigenvalue weighted by atomic mass is 32.1. The molecule has 0 saturated heterocycles. The topological polar surface area (TPSA) is 60.3 Å². The minimum atomic E-state index is -2.84. The Labute approximate surface area is 204 Å². The number of hydrogen-bond donors (Lipinski definition) is 0. The third-order valence-electron chi connectivity index (χ3n) is 7.12. The molecule has 3 heterocycles. The molecular weight excluding hydrogens is 458 g/mol. The van der Waals surface area contributed by atoms with Gasteiger partial charge in [0.25, 0.3) is 11.1 Å². The van der Waals surface area contributed by atoms with Gasteiger partial charge in [-0.25, -0.2) is 13.8 Å². The first-order valence-electron chi connectivity index (χ1n) is 12.4. The Morgan fingerprint density at radius 1 is 1.26 bits per heavy atom. The predicted molar refractivity (Wildman–Crippen MR) is 129 cm³/mol. The molecule has 6 nitrogen and oxygen atoms in total. The Kier molecular flexibility index (Phi) is 8.02. The summed E-state index contributed by atoms with van der Waals surface area (Å²) in [5.74, 6) is -1.31. The maximum atomic E-state index is 13.0. The van der Waals surface area contributed by atoms with E-state index in [-0.39, 0.29) is 0 Å². The quantitative estimate of drug-likeness (QED) is 0.466. The molecule has 0 atom stereocenters. The molecule has 1 aliphatic carbocycles. The highest BCUT2D eigenvalue weighted by Crippen LogP contribution is 2.34. The van der Waals surface area contributed by atoms with Crippen LogP contribution in [0.5, 0.6) is 5.19 Å². The van der Waals surface area contributed by atoms with Gasteiger partial charge in [0.05, 0.1) is 17.8 Å². The number of aromatic nitrogens is 3. The van der Waals surface area contributed by atoms with Crippen LogP contribution in [0.3, 0.4) is 0 Å². The Morgan fingerprint density at radius 2 is 2.00 bits per heavy atom. The fourth-order valence-electron chi connectivity index (χ4n) is 5.08. The molecule has 0 radical (unpaired) electrons. The number of alkyl halides is 2. The van der Waals surface area contributed by atoms with Gasteiger partial charge in [-0.15, -0.1) is 0 Å². The number of rotatable bonds is 10. The monoisotopic (exact) mass is 494 g/mol. The van der Waals surface area contributed by atoms with Crippen molar-refractivity contribution in [3.8, 4) is 5.19 Å². The standard InChI is InChI=1S/C25H36F2N4O2S/c1-17-12-20(29-30(17)3)14-21(32)13-19-6-4-18(5-7-19)8-10-31-11-9-23-22(15-31)28-24(34-23)33-16-25(2,26)27/h12,18-19H,4-11,13-16H2,1-3H3. The lowest BCUT2D eigenvalue weighted by atomic mass is 9.78. The van der Waals surface area contributed by atoms with E-state index in [1.54, 1.807) is 0 Å². The lowest BCUT2D eigenvalue weighted by molar-refractivity contribution is -0.119. The molecule has 188 valence electrons. The molecule has 2 aromatic rings. The molecule has 34 heavy (non-hydrogen) atoms. The van der Waals surface area contributed by atoms with Crippen molar-refractivity contribution in [2.75, 3.05) is 19.7 Å². The summed E-state index contributed by atoms with van der Waals surface area (Å²) < 4.78 is 33.1. The molecule has 4 rings (SSSR count). The van der Waals surface area contributed by atoms with Gasteiger partial charge in [0.2, 0.25) is 0 Å². The second kappa shape index (κ2) is 10.8. The Morgan fingerprint density at radius 3 is 2.68 bits per heavy atom. The summed E-state index contributed by atoms with van der Waals surface area (Å²) in [6.45, 7) is 5.03. The average Bonchev–Trinajstić information content (AvgIpc) is 3.32. The van der Waals surface area contributed by atoms with Crippen LogP contribution in [0.4, 0.5) is 8.78 Å². The minimum Gasteiger partial charge on any atom is -0.464 e. The maximum Gasteiger partial charge on any atom is 0.278 e. The second-order valence-corrected chi connectivity index (χ2v) is 11.3. The van der Waals surface area contributed by atoms with E-state index < -0.39 is 12.5 Å². The molecule has 1 aliphatic heterocycles. The van der Waals surface area contributed by atoms with E-state index in [2.05, 4.69) is 15.0 Å². The van der Waals surface area contributed by atoms with Crippen LogP contribution in [0.25, 0.3) is 0 Å². The smallest absolute Gasteiger partial charge is 0.278 e. The van der Waals surface area contributed by atoms with Crippen molar-refractivity contribution >= 4 is 17.1 Å². The summed E-state index contributed by atoms with van der Waals surface area (Å²) in [6, 6.07) is 2.00. The molecule has 0 amide bonds. The van der Waals surface area contributed by atoms with Gasteiger partial charge in [-0.2, -0.15) is 5.10 Å². The molecule has 2 aromatic heterocycles. The number of carbonyl (C=O) groups excluding carboxylic acids is 1. The Balaban J connectivity index is 1.15. The molecule has 0 N–H and O–H groups in total. The van der Waals surface area contributed by atoms with Crippen molar-refractivity contribution in [3.05, 3.63) is 28.0 Å². The van der Waals surface area contributed by atoms with Crippen molar-refractivity contribution in [2.24, 2.45) is 18.9 Å². The second-order valence-electron chi connectivity index (χ2n) is 10.2. The van der Waals surface area contributed by atoms with Crippen LogP contribution in [0.15, 0.2) is 6.07 Å². The Hall–Kier alpha value is -1.87. The zero-order chi connectivity index (χ0) is 24.3. The van der Waals surface area contributed by atoms with Crippen molar-refractivity contribution in [1.29, 1.82) is 0 Å². The maximum absolute atomic E-state index is 13.0. The summed E-state index contributed by atoms with van der Waals surface area (Å²) in [6.07, 6.45) is 7.85. The molecule has 1 fully saturated rings. The van der Waals surface area contributed by atoms with E-state index in [1.165, 1.54) is 30.6 Å². The first kappa shape index (κ1) is 25.2. The molecule has 0 unspecified atom stereocenters. The number of fused-ring (bicyclic) bond motifs is 1. The summed E-state index contributed by atoms with van der Waals surface area (Å²) in [4.78, 5) is 20.5. The Bertz CT molecular complexity index is 957. The van der Waals surface area contributed by atoms with E-state index in [4.69, 9.17) is 4.74 Å². The van der Waals surface area contributed by atoms with Gasteiger partial charge in [0.15, 0.2) is 6.61 Å². The lowest BCUT2D eigenvalue weighted by Crippen LogP contribution is -2.32. The van der Waals surface area contributed by atoms with Crippen LogP contribution in [0.1, 0.15) is 67.4 Å². The van der Waals surface area contributed by atoms with Gasteiger partial charge in [-0.1, -0.05) is 24.2 Å². The van der Waals surface area contributed by atoms with Gasteiger partial charge in [-0.3, -0.25) is 14.4 Å².